The van der Waals surface area contributed by atoms with Gasteiger partial charge in [0.2, 0.25) is 0 Å². The highest BCUT2D eigenvalue weighted by Crippen LogP contribution is 2.13. The lowest BCUT2D eigenvalue weighted by Crippen LogP contribution is -2.25. The van der Waals surface area contributed by atoms with Crippen LogP contribution in [0.25, 0.3) is 0 Å². The molecule has 20 heavy (non-hydrogen) atoms. The van der Waals surface area contributed by atoms with Crippen LogP contribution in [0.1, 0.15) is 31.1 Å². The first-order chi connectivity index (χ1) is 9.20. The van der Waals surface area contributed by atoms with E-state index in [9.17, 15) is 17.8 Å². The molecule has 112 valence electrons. The Hall–Kier alpha value is -1.60. The number of anilines is 1. The zero-order valence-corrected chi connectivity index (χ0v) is 12.4. The third-order valence-corrected chi connectivity index (χ3v) is 3.46. The van der Waals surface area contributed by atoms with Gasteiger partial charge >= 0.3 is 5.97 Å². The van der Waals surface area contributed by atoms with Crippen LogP contribution in [0.4, 0.5) is 5.69 Å². The van der Waals surface area contributed by atoms with Crippen LogP contribution in [0.5, 0.6) is 0 Å². The van der Waals surface area contributed by atoms with Gasteiger partial charge in [-0.25, -0.2) is 13.2 Å². The molecule has 0 fully saturated rings. The van der Waals surface area contributed by atoms with Crippen molar-refractivity contribution in [1.29, 1.82) is 0 Å². The molecule has 0 bridgehead atoms. The summed E-state index contributed by atoms with van der Waals surface area (Å²) in [7, 11) is -4.40. The highest BCUT2D eigenvalue weighted by atomic mass is 32.2. The van der Waals surface area contributed by atoms with Crippen molar-refractivity contribution in [2.75, 3.05) is 11.9 Å². The second kappa shape index (κ2) is 6.71. The summed E-state index contributed by atoms with van der Waals surface area (Å²) in [6, 6.07) is 6.06. The van der Waals surface area contributed by atoms with Crippen molar-refractivity contribution in [3.05, 3.63) is 29.8 Å². The lowest BCUT2D eigenvalue weighted by atomic mass is 10.2. The van der Waals surface area contributed by atoms with Crippen LogP contribution in [0.15, 0.2) is 24.3 Å². The number of esters is 1. The minimum absolute atomic E-state index is 0.253. The van der Waals surface area contributed by atoms with E-state index in [1.54, 1.807) is 0 Å². The molecule has 1 aromatic carbocycles. The van der Waals surface area contributed by atoms with Crippen LogP contribution >= 0.6 is 0 Å². The van der Waals surface area contributed by atoms with Gasteiger partial charge in [0.05, 0.1) is 12.2 Å². The average molecular weight is 300 g/mol. The molecule has 0 aromatic heterocycles. The molecule has 1 atom stereocenters. The van der Waals surface area contributed by atoms with E-state index in [0.29, 0.717) is 17.9 Å². The van der Waals surface area contributed by atoms with Gasteiger partial charge in [0.1, 0.15) is 15.5 Å². The predicted molar refractivity (Wildman–Crippen MR) is 74.3 cm³/mol. The van der Waals surface area contributed by atoms with Crippen LogP contribution in [-0.4, -0.2) is 30.9 Å². The topological polar surface area (TPSA) is 95.5 Å². The van der Waals surface area contributed by atoms with Crippen LogP contribution in [-0.2, 0) is 14.9 Å². The smallest absolute Gasteiger partial charge is 0.338 e. The summed E-state index contributed by atoms with van der Waals surface area (Å²) in [6.45, 7) is 5.47. The monoisotopic (exact) mass is 300 g/mol. The molecule has 6 nitrogen and oxygen atoms in total. The molecule has 0 saturated carbocycles. The van der Waals surface area contributed by atoms with Gasteiger partial charge in [0, 0.05) is 5.69 Å². The fraction of sp³-hybridized carbons (Fsp3) is 0.462. The molecule has 0 spiro atoms. The lowest BCUT2D eigenvalue weighted by Gasteiger charge is -2.18. The molecule has 0 aliphatic carbocycles. The first-order valence-electron chi connectivity index (χ1n) is 6.18. The summed E-state index contributed by atoms with van der Waals surface area (Å²) in [4.78, 5) is 11.7. The summed E-state index contributed by atoms with van der Waals surface area (Å²) in [5.74, 6) is -0.183. The summed E-state index contributed by atoms with van der Waals surface area (Å²) < 4.78 is 37.4. The maximum Gasteiger partial charge on any atom is 0.338 e. The summed E-state index contributed by atoms with van der Waals surface area (Å²) >= 11 is 0. The van der Waals surface area contributed by atoms with E-state index in [1.165, 1.54) is 31.2 Å². The second-order valence-electron chi connectivity index (χ2n) is 4.85. The Morgan fingerprint density at radius 2 is 1.80 bits per heavy atom. The molecule has 0 amide bonds. The number of benzene rings is 1. The molecule has 0 heterocycles. The Bertz CT molecular complexity index is 551. The van der Waals surface area contributed by atoms with Gasteiger partial charge in [-0.1, -0.05) is 13.8 Å². The molecule has 1 rings (SSSR count). The Balaban J connectivity index is 2.67. The van der Waals surface area contributed by atoms with Crippen LogP contribution < -0.4 is 5.32 Å². The Labute approximate surface area is 118 Å². The number of carbonyl (C=O) groups excluding carboxylic acids is 1. The van der Waals surface area contributed by atoms with Gasteiger partial charge in [-0.3, -0.25) is 0 Å². The summed E-state index contributed by atoms with van der Waals surface area (Å²) in [5, 5.41) is 1.31. The van der Waals surface area contributed by atoms with Crippen molar-refractivity contribution in [2.24, 2.45) is 5.92 Å². The number of carbonyl (C=O) groups is 1. The van der Waals surface area contributed by atoms with Gasteiger partial charge in [-0.15, -0.1) is 0 Å². The van der Waals surface area contributed by atoms with Crippen LogP contribution in [0, 0.1) is 5.92 Å². The molecule has 1 unspecified atom stereocenters. The minimum Gasteiger partial charge on any atom is -0.746 e. The van der Waals surface area contributed by atoms with E-state index < -0.39 is 21.5 Å². The van der Waals surface area contributed by atoms with Gasteiger partial charge in [-0.2, -0.15) is 0 Å². The second-order valence-corrected chi connectivity index (χ2v) is 6.54. The minimum atomic E-state index is -4.40. The Kier molecular flexibility index (Phi) is 5.52. The predicted octanol–water partition coefficient (Wildman–Crippen LogP) is 1.80. The Morgan fingerprint density at radius 1 is 1.25 bits per heavy atom. The normalized spacial score (nSPS) is 13.1. The lowest BCUT2D eigenvalue weighted by molar-refractivity contribution is 0.0459. The van der Waals surface area contributed by atoms with Gasteiger partial charge < -0.3 is 14.6 Å². The molecule has 0 radical (unpaired) electrons. The van der Waals surface area contributed by atoms with Gasteiger partial charge in [0.25, 0.3) is 0 Å². The maximum atomic E-state index is 11.7. The van der Waals surface area contributed by atoms with Crippen LogP contribution in [0.3, 0.4) is 0 Å². The first-order valence-corrected chi connectivity index (χ1v) is 7.65. The molecule has 1 aromatic rings. The van der Waals surface area contributed by atoms with E-state index >= 15 is 0 Å². The summed E-state index contributed by atoms with van der Waals surface area (Å²) in [6.07, 6.45) is 0. The van der Waals surface area contributed by atoms with Gasteiger partial charge in [0.15, 0.2) is 0 Å². The Morgan fingerprint density at radius 3 is 2.25 bits per heavy atom. The number of nitrogens with one attached hydrogen (secondary N) is 1. The van der Waals surface area contributed by atoms with Crippen molar-refractivity contribution in [3.63, 3.8) is 0 Å². The van der Waals surface area contributed by atoms with Crippen molar-refractivity contribution in [1.82, 2.24) is 0 Å². The maximum absolute atomic E-state index is 11.7. The molecule has 0 saturated heterocycles. The summed E-state index contributed by atoms with van der Waals surface area (Å²) in [5.41, 5.74) is 0.811. The zero-order chi connectivity index (χ0) is 15.3. The number of hydrogen-bond acceptors (Lipinski definition) is 6. The fourth-order valence-electron chi connectivity index (χ4n) is 1.34. The van der Waals surface area contributed by atoms with Gasteiger partial charge in [-0.05, 0) is 37.1 Å². The van der Waals surface area contributed by atoms with E-state index in [4.69, 9.17) is 4.74 Å². The third-order valence-electron chi connectivity index (χ3n) is 2.47. The zero-order valence-electron chi connectivity index (χ0n) is 11.6. The first kappa shape index (κ1) is 16.5. The van der Waals surface area contributed by atoms with Crippen molar-refractivity contribution < 1.29 is 22.5 Å². The van der Waals surface area contributed by atoms with E-state index in [-0.39, 0.29) is 5.92 Å². The SMILES string of the molecule is CC(C)COC(=O)c1ccc(NC(C)S(=O)(=O)[O-])cc1. The molecule has 0 aliphatic heterocycles. The fourth-order valence-corrected chi connectivity index (χ4v) is 1.62. The largest absolute Gasteiger partial charge is 0.746 e. The van der Waals surface area contributed by atoms with E-state index in [1.807, 2.05) is 13.8 Å². The molecule has 1 N–H and O–H groups in total. The van der Waals surface area contributed by atoms with Crippen molar-refractivity contribution >= 4 is 21.8 Å². The molecule has 0 aliphatic rings. The standard InChI is InChI=1S/C13H19NO5S/c1-9(2)8-19-13(15)11-4-6-12(7-5-11)14-10(3)20(16,17)18/h4-7,9-10,14H,8H2,1-3H3,(H,16,17,18)/p-1. The highest BCUT2D eigenvalue weighted by Gasteiger charge is 2.11. The third kappa shape index (κ3) is 5.18. The number of hydrogen-bond donors (Lipinski definition) is 1. The quantitative estimate of drug-likeness (QED) is 0.636. The van der Waals surface area contributed by atoms with E-state index in [0.717, 1.165) is 0 Å². The van der Waals surface area contributed by atoms with E-state index in [2.05, 4.69) is 5.32 Å². The number of ether oxygens (including phenoxy) is 1. The van der Waals surface area contributed by atoms with Crippen molar-refractivity contribution in [2.45, 2.75) is 26.1 Å². The van der Waals surface area contributed by atoms with Crippen molar-refractivity contribution in [3.8, 4) is 0 Å². The van der Waals surface area contributed by atoms with Crippen LogP contribution in [0.2, 0.25) is 0 Å². The highest BCUT2D eigenvalue weighted by molar-refractivity contribution is 7.86. The molecular weight excluding hydrogens is 282 g/mol. The molecule has 7 heteroatoms. The number of rotatable bonds is 6. The molecular formula is C13H18NO5S-. The average Bonchev–Trinajstić information content (AvgIpc) is 2.35.